The summed E-state index contributed by atoms with van der Waals surface area (Å²) in [5.74, 6) is -1.01. The fourth-order valence-corrected chi connectivity index (χ4v) is 3.25. The smallest absolute Gasteiger partial charge is 0.274 e. The Morgan fingerprint density at radius 3 is 2.31 bits per heavy atom. The minimum Gasteiger partial charge on any atom is -0.491 e. The van der Waals surface area contributed by atoms with E-state index in [-0.39, 0.29) is 18.8 Å². The summed E-state index contributed by atoms with van der Waals surface area (Å²) in [6, 6.07) is 15.5. The Morgan fingerprint density at radius 1 is 1.00 bits per heavy atom. The van der Waals surface area contributed by atoms with Crippen molar-refractivity contribution in [1.82, 2.24) is 21.1 Å². The van der Waals surface area contributed by atoms with E-state index < -0.39 is 35.9 Å². The van der Waals surface area contributed by atoms with Gasteiger partial charge in [0, 0.05) is 12.6 Å². The largest absolute Gasteiger partial charge is 0.491 e. The van der Waals surface area contributed by atoms with Crippen LogP contribution in [0.15, 0.2) is 65.2 Å². The molecule has 0 unspecified atom stereocenters. The number of aryl methyl sites for hydroxylation is 2. The molecular weight excluding hydrogens is 464 g/mol. The van der Waals surface area contributed by atoms with Gasteiger partial charge in [0.2, 0.25) is 11.8 Å². The van der Waals surface area contributed by atoms with Gasteiger partial charge in [0.05, 0.1) is 6.10 Å². The molecule has 1 heterocycles. The molecule has 0 aliphatic rings. The van der Waals surface area contributed by atoms with E-state index in [0.29, 0.717) is 11.5 Å². The van der Waals surface area contributed by atoms with Crippen molar-refractivity contribution in [3.8, 4) is 5.75 Å². The molecule has 3 atom stereocenters. The van der Waals surface area contributed by atoms with Gasteiger partial charge < -0.3 is 30.3 Å². The second-order valence-electron chi connectivity index (χ2n) is 8.40. The predicted octanol–water partition coefficient (Wildman–Crippen LogP) is 1.65. The Labute approximate surface area is 209 Å². The van der Waals surface area contributed by atoms with Crippen LogP contribution < -0.4 is 20.7 Å². The van der Waals surface area contributed by atoms with Gasteiger partial charge in [-0.3, -0.25) is 14.4 Å². The number of para-hydroxylation sites is 1. The predicted molar refractivity (Wildman–Crippen MR) is 131 cm³/mol. The topological polar surface area (TPSA) is 143 Å². The van der Waals surface area contributed by atoms with E-state index in [1.165, 1.54) is 13.0 Å². The number of nitrogens with one attached hydrogen (secondary N) is 3. The van der Waals surface area contributed by atoms with Crippen LogP contribution in [0.25, 0.3) is 0 Å². The number of hydrogen-bond acceptors (Lipinski definition) is 7. The molecule has 3 rings (SSSR count). The summed E-state index contributed by atoms with van der Waals surface area (Å²) in [4.78, 5) is 38.5. The minimum atomic E-state index is -1.35. The van der Waals surface area contributed by atoms with Crippen LogP contribution in [-0.4, -0.2) is 52.8 Å². The number of amides is 3. The summed E-state index contributed by atoms with van der Waals surface area (Å²) in [6.45, 7) is 5.02. The summed E-state index contributed by atoms with van der Waals surface area (Å²) < 4.78 is 10.6. The highest BCUT2D eigenvalue weighted by Gasteiger charge is 2.31. The van der Waals surface area contributed by atoms with Gasteiger partial charge in [0.15, 0.2) is 5.69 Å². The van der Waals surface area contributed by atoms with Gasteiger partial charge in [0.25, 0.3) is 5.91 Å². The first kappa shape index (κ1) is 26.4. The van der Waals surface area contributed by atoms with Gasteiger partial charge in [-0.15, -0.1) is 0 Å². The molecule has 0 radical (unpaired) electrons. The van der Waals surface area contributed by atoms with Crippen LogP contribution >= 0.6 is 0 Å². The van der Waals surface area contributed by atoms with E-state index in [9.17, 15) is 19.5 Å². The molecule has 0 spiro atoms. The fraction of sp³-hybridized carbons (Fsp3) is 0.308. The standard InChI is InChI=1S/C26H30N4O6/c1-16-9-11-19(12-10-16)14-27-24(32)22(15-35-20-7-5-4-6-8-20)28-26(34)23(18(3)31)29-25(33)21-13-17(2)36-30-21/h4-13,18,22-23,31H,14-15H2,1-3H3,(H,27,32)(H,28,34)(H,29,33)/t18-,22+,23+/m1/s1. The Bertz CT molecular complexity index is 1160. The quantitative estimate of drug-likeness (QED) is 0.317. The van der Waals surface area contributed by atoms with Crippen molar-refractivity contribution >= 4 is 17.7 Å². The third-order valence-corrected chi connectivity index (χ3v) is 5.29. The van der Waals surface area contributed by atoms with Crippen LogP contribution in [0.1, 0.15) is 34.3 Å². The lowest BCUT2D eigenvalue weighted by Crippen LogP contribution is -2.58. The van der Waals surface area contributed by atoms with Gasteiger partial charge in [0.1, 0.15) is 30.2 Å². The van der Waals surface area contributed by atoms with Crippen LogP contribution in [0.4, 0.5) is 0 Å². The molecule has 3 aromatic rings. The number of aromatic nitrogens is 1. The van der Waals surface area contributed by atoms with Crippen molar-refractivity contribution in [2.75, 3.05) is 6.61 Å². The highest BCUT2D eigenvalue weighted by Crippen LogP contribution is 2.10. The van der Waals surface area contributed by atoms with Crippen molar-refractivity contribution < 1.29 is 28.8 Å². The maximum atomic E-state index is 13.0. The van der Waals surface area contributed by atoms with Crippen molar-refractivity contribution in [1.29, 1.82) is 0 Å². The molecule has 10 heteroatoms. The normalized spacial score (nSPS) is 13.2. The molecule has 10 nitrogen and oxygen atoms in total. The number of benzene rings is 2. The molecule has 0 saturated carbocycles. The van der Waals surface area contributed by atoms with E-state index in [1.807, 2.05) is 37.3 Å². The SMILES string of the molecule is Cc1ccc(CNC(=O)[C@H](COc2ccccc2)NC(=O)[C@@H](NC(=O)c2cc(C)on2)[C@@H](C)O)cc1. The molecule has 3 amide bonds. The molecule has 190 valence electrons. The fourth-order valence-electron chi connectivity index (χ4n) is 3.25. The van der Waals surface area contributed by atoms with Crippen molar-refractivity contribution in [3.05, 3.63) is 83.2 Å². The zero-order valence-corrected chi connectivity index (χ0v) is 20.4. The average molecular weight is 495 g/mol. The maximum Gasteiger partial charge on any atom is 0.274 e. The second-order valence-corrected chi connectivity index (χ2v) is 8.40. The molecule has 0 aliphatic carbocycles. The molecule has 36 heavy (non-hydrogen) atoms. The van der Waals surface area contributed by atoms with Gasteiger partial charge in [-0.2, -0.15) is 0 Å². The summed E-state index contributed by atoms with van der Waals surface area (Å²) in [7, 11) is 0. The number of rotatable bonds is 11. The molecule has 0 aliphatic heterocycles. The first-order valence-corrected chi connectivity index (χ1v) is 11.5. The number of aliphatic hydroxyl groups is 1. The lowest BCUT2D eigenvalue weighted by atomic mass is 10.1. The van der Waals surface area contributed by atoms with Crippen LogP contribution in [0, 0.1) is 13.8 Å². The third kappa shape index (κ3) is 7.67. The van der Waals surface area contributed by atoms with E-state index in [0.717, 1.165) is 11.1 Å². The first-order chi connectivity index (χ1) is 17.2. The zero-order chi connectivity index (χ0) is 26.1. The summed E-state index contributed by atoms with van der Waals surface area (Å²) >= 11 is 0. The molecule has 0 fully saturated rings. The molecule has 1 aromatic heterocycles. The van der Waals surface area contributed by atoms with Crippen LogP contribution in [0.2, 0.25) is 0 Å². The van der Waals surface area contributed by atoms with Crippen LogP contribution in [-0.2, 0) is 16.1 Å². The summed E-state index contributed by atoms with van der Waals surface area (Å²) in [5.41, 5.74) is 1.95. The molecule has 2 aromatic carbocycles. The number of hydrogen-bond donors (Lipinski definition) is 4. The van der Waals surface area contributed by atoms with Crippen LogP contribution in [0.5, 0.6) is 5.75 Å². The molecule has 0 saturated heterocycles. The highest BCUT2D eigenvalue weighted by atomic mass is 16.5. The Kier molecular flexibility index (Phi) is 9.18. The Balaban J connectivity index is 1.69. The zero-order valence-electron chi connectivity index (χ0n) is 20.4. The van der Waals surface area contributed by atoms with E-state index in [1.54, 1.807) is 31.2 Å². The van der Waals surface area contributed by atoms with E-state index in [2.05, 4.69) is 21.1 Å². The van der Waals surface area contributed by atoms with Crippen molar-refractivity contribution in [3.63, 3.8) is 0 Å². The van der Waals surface area contributed by atoms with Gasteiger partial charge >= 0.3 is 0 Å². The number of aliphatic hydroxyl groups excluding tert-OH is 1. The van der Waals surface area contributed by atoms with Crippen molar-refractivity contribution in [2.45, 2.75) is 45.5 Å². The third-order valence-electron chi connectivity index (χ3n) is 5.29. The van der Waals surface area contributed by atoms with Gasteiger partial charge in [-0.05, 0) is 38.5 Å². The van der Waals surface area contributed by atoms with E-state index in [4.69, 9.17) is 9.26 Å². The number of ether oxygens (including phenoxy) is 1. The van der Waals surface area contributed by atoms with E-state index >= 15 is 0 Å². The lowest BCUT2D eigenvalue weighted by Gasteiger charge is -2.24. The second kappa shape index (κ2) is 12.5. The Morgan fingerprint density at radius 2 is 1.69 bits per heavy atom. The van der Waals surface area contributed by atoms with Gasteiger partial charge in [-0.25, -0.2) is 0 Å². The summed E-state index contributed by atoms with van der Waals surface area (Å²) in [5, 5.41) is 21.6. The van der Waals surface area contributed by atoms with Crippen molar-refractivity contribution in [2.24, 2.45) is 0 Å². The number of carbonyl (C=O) groups is 3. The number of nitrogens with zero attached hydrogens (tertiary/aromatic N) is 1. The van der Waals surface area contributed by atoms with Gasteiger partial charge in [-0.1, -0.05) is 53.2 Å². The minimum absolute atomic E-state index is 0.0363. The molecule has 4 N–H and O–H groups in total. The lowest BCUT2D eigenvalue weighted by molar-refractivity contribution is -0.132. The van der Waals surface area contributed by atoms with Crippen LogP contribution in [0.3, 0.4) is 0 Å². The molecular formula is C26H30N4O6. The summed E-state index contributed by atoms with van der Waals surface area (Å²) in [6.07, 6.45) is -1.26. The maximum absolute atomic E-state index is 13.0. The number of carbonyl (C=O) groups excluding carboxylic acids is 3. The highest BCUT2D eigenvalue weighted by molar-refractivity contribution is 5.97. The first-order valence-electron chi connectivity index (χ1n) is 11.5. The Hall–Kier alpha value is -4.18. The molecule has 0 bridgehead atoms. The monoisotopic (exact) mass is 494 g/mol. The average Bonchev–Trinajstić information content (AvgIpc) is 3.31.